The predicted octanol–water partition coefficient (Wildman–Crippen LogP) is 2.09. The Labute approximate surface area is 102 Å². The monoisotopic (exact) mass is 236 g/mol. The Morgan fingerprint density at radius 3 is 3.12 bits per heavy atom. The molecule has 1 aromatic rings. The topological polar surface area (TPSA) is 38.7 Å². The van der Waals surface area contributed by atoms with E-state index in [0.717, 1.165) is 13.0 Å². The zero-order valence-corrected chi connectivity index (χ0v) is 10.3. The van der Waals surface area contributed by atoms with Crippen molar-refractivity contribution >= 4 is 0 Å². The Morgan fingerprint density at radius 1 is 1.47 bits per heavy atom. The van der Waals surface area contributed by atoms with E-state index in [0.29, 0.717) is 19.6 Å². The zero-order valence-electron chi connectivity index (χ0n) is 10.3. The minimum Gasteiger partial charge on any atom is -0.391 e. The molecule has 2 rings (SSSR count). The molecule has 0 aliphatic carbocycles. The van der Waals surface area contributed by atoms with Crippen LogP contribution in [0.1, 0.15) is 30.6 Å². The third-order valence-corrected chi connectivity index (χ3v) is 3.09. The molecule has 0 bridgehead atoms. The highest BCUT2D eigenvalue weighted by atomic mass is 16.5. The minimum atomic E-state index is -0.453. The van der Waals surface area contributed by atoms with E-state index < -0.39 is 6.10 Å². The van der Waals surface area contributed by atoms with Crippen molar-refractivity contribution in [1.82, 2.24) is 0 Å². The third-order valence-electron chi connectivity index (χ3n) is 3.09. The highest BCUT2D eigenvalue weighted by Crippen LogP contribution is 2.30. The van der Waals surface area contributed by atoms with Crippen molar-refractivity contribution in [3.05, 3.63) is 35.4 Å². The van der Waals surface area contributed by atoms with Crippen LogP contribution in [-0.2, 0) is 15.9 Å². The SMILES string of the molecule is CCOCC(O)CC1OCCc2ccccc21. The number of aliphatic hydroxyl groups excluding tert-OH is 1. The highest BCUT2D eigenvalue weighted by molar-refractivity contribution is 5.30. The lowest BCUT2D eigenvalue weighted by Gasteiger charge is -2.27. The van der Waals surface area contributed by atoms with Crippen LogP contribution in [0.2, 0.25) is 0 Å². The number of ether oxygens (including phenoxy) is 2. The van der Waals surface area contributed by atoms with Crippen molar-refractivity contribution in [2.75, 3.05) is 19.8 Å². The number of hydrogen-bond acceptors (Lipinski definition) is 3. The standard InChI is InChI=1S/C14H20O3/c1-2-16-10-12(15)9-14-13-6-4-3-5-11(13)7-8-17-14/h3-6,12,14-15H,2,7-10H2,1H3. The molecule has 1 aromatic carbocycles. The normalized spacial score (nSPS) is 20.9. The molecule has 17 heavy (non-hydrogen) atoms. The molecular formula is C14H20O3. The lowest BCUT2D eigenvalue weighted by molar-refractivity contribution is -0.0233. The van der Waals surface area contributed by atoms with E-state index in [1.807, 2.05) is 13.0 Å². The van der Waals surface area contributed by atoms with Crippen LogP contribution < -0.4 is 0 Å². The summed E-state index contributed by atoms with van der Waals surface area (Å²) in [5, 5.41) is 9.85. The summed E-state index contributed by atoms with van der Waals surface area (Å²) in [4.78, 5) is 0. The van der Waals surface area contributed by atoms with E-state index in [1.165, 1.54) is 11.1 Å². The van der Waals surface area contributed by atoms with E-state index in [1.54, 1.807) is 0 Å². The summed E-state index contributed by atoms with van der Waals surface area (Å²) in [5.74, 6) is 0. The Morgan fingerprint density at radius 2 is 2.29 bits per heavy atom. The Balaban J connectivity index is 1.98. The van der Waals surface area contributed by atoms with Crippen LogP contribution in [0.15, 0.2) is 24.3 Å². The lowest BCUT2D eigenvalue weighted by Crippen LogP contribution is -2.24. The molecule has 3 heteroatoms. The van der Waals surface area contributed by atoms with Gasteiger partial charge in [0.25, 0.3) is 0 Å². The molecule has 2 atom stereocenters. The first kappa shape index (κ1) is 12.6. The number of benzene rings is 1. The van der Waals surface area contributed by atoms with Crippen molar-refractivity contribution in [1.29, 1.82) is 0 Å². The quantitative estimate of drug-likeness (QED) is 0.850. The maximum Gasteiger partial charge on any atom is 0.0853 e. The van der Waals surface area contributed by atoms with E-state index in [-0.39, 0.29) is 6.10 Å². The first-order valence-electron chi connectivity index (χ1n) is 6.26. The number of rotatable bonds is 5. The third kappa shape index (κ3) is 3.28. The smallest absolute Gasteiger partial charge is 0.0853 e. The van der Waals surface area contributed by atoms with Crippen molar-refractivity contribution in [3.8, 4) is 0 Å². The van der Waals surface area contributed by atoms with E-state index in [4.69, 9.17) is 9.47 Å². The van der Waals surface area contributed by atoms with Gasteiger partial charge in [-0.3, -0.25) is 0 Å². The van der Waals surface area contributed by atoms with Crippen molar-refractivity contribution in [2.45, 2.75) is 32.0 Å². The highest BCUT2D eigenvalue weighted by Gasteiger charge is 2.23. The first-order valence-corrected chi connectivity index (χ1v) is 6.26. The molecule has 0 saturated carbocycles. The molecule has 1 aliphatic rings. The van der Waals surface area contributed by atoms with Crippen molar-refractivity contribution in [2.24, 2.45) is 0 Å². The fourth-order valence-electron chi connectivity index (χ4n) is 2.24. The Hall–Kier alpha value is -0.900. The molecule has 0 aromatic heterocycles. The second-order valence-corrected chi connectivity index (χ2v) is 4.36. The summed E-state index contributed by atoms with van der Waals surface area (Å²) < 4.78 is 11.0. The van der Waals surface area contributed by atoms with Crippen LogP contribution in [-0.4, -0.2) is 31.0 Å². The van der Waals surface area contributed by atoms with Gasteiger partial charge in [0, 0.05) is 13.0 Å². The Kier molecular flexibility index (Phi) is 4.54. The molecule has 0 fully saturated rings. The lowest BCUT2D eigenvalue weighted by atomic mass is 9.94. The second-order valence-electron chi connectivity index (χ2n) is 4.36. The summed E-state index contributed by atoms with van der Waals surface area (Å²) in [6.45, 7) is 3.69. The minimum absolute atomic E-state index is 0.00964. The summed E-state index contributed by atoms with van der Waals surface area (Å²) in [6, 6.07) is 8.31. The molecular weight excluding hydrogens is 216 g/mol. The van der Waals surface area contributed by atoms with Crippen LogP contribution in [0.4, 0.5) is 0 Å². The van der Waals surface area contributed by atoms with Gasteiger partial charge in [-0.25, -0.2) is 0 Å². The zero-order chi connectivity index (χ0) is 12.1. The summed E-state index contributed by atoms with van der Waals surface area (Å²) in [6.07, 6.45) is 1.13. The van der Waals surface area contributed by atoms with Gasteiger partial charge in [0.15, 0.2) is 0 Å². The second kappa shape index (κ2) is 6.15. The maximum absolute atomic E-state index is 9.85. The first-order chi connectivity index (χ1) is 8.31. The van der Waals surface area contributed by atoms with Crippen LogP contribution >= 0.6 is 0 Å². The van der Waals surface area contributed by atoms with Gasteiger partial charge in [0.1, 0.15) is 0 Å². The van der Waals surface area contributed by atoms with Crippen LogP contribution in [0.25, 0.3) is 0 Å². The molecule has 0 spiro atoms. The van der Waals surface area contributed by atoms with E-state index >= 15 is 0 Å². The fraction of sp³-hybridized carbons (Fsp3) is 0.571. The van der Waals surface area contributed by atoms with Gasteiger partial charge < -0.3 is 14.6 Å². The molecule has 3 nitrogen and oxygen atoms in total. The van der Waals surface area contributed by atoms with E-state index in [2.05, 4.69) is 18.2 Å². The molecule has 0 amide bonds. The summed E-state index contributed by atoms with van der Waals surface area (Å²) >= 11 is 0. The van der Waals surface area contributed by atoms with E-state index in [9.17, 15) is 5.11 Å². The summed E-state index contributed by atoms with van der Waals surface area (Å²) in [7, 11) is 0. The number of aliphatic hydroxyl groups is 1. The van der Waals surface area contributed by atoms with Gasteiger partial charge in [-0.05, 0) is 24.5 Å². The Bertz CT molecular complexity index is 351. The van der Waals surface area contributed by atoms with Gasteiger partial charge in [-0.1, -0.05) is 24.3 Å². The van der Waals surface area contributed by atoms with Gasteiger partial charge in [-0.2, -0.15) is 0 Å². The average Bonchev–Trinajstić information content (AvgIpc) is 2.37. The van der Waals surface area contributed by atoms with Gasteiger partial charge in [0.05, 0.1) is 25.4 Å². The molecule has 0 radical (unpaired) electrons. The van der Waals surface area contributed by atoms with Crippen molar-refractivity contribution in [3.63, 3.8) is 0 Å². The van der Waals surface area contributed by atoms with Crippen LogP contribution in [0.3, 0.4) is 0 Å². The molecule has 1 aliphatic heterocycles. The molecule has 1 N–H and O–H groups in total. The van der Waals surface area contributed by atoms with Gasteiger partial charge in [-0.15, -0.1) is 0 Å². The van der Waals surface area contributed by atoms with Gasteiger partial charge in [0.2, 0.25) is 0 Å². The van der Waals surface area contributed by atoms with Crippen LogP contribution in [0, 0.1) is 0 Å². The fourth-order valence-corrected chi connectivity index (χ4v) is 2.24. The van der Waals surface area contributed by atoms with Crippen LogP contribution in [0.5, 0.6) is 0 Å². The molecule has 1 heterocycles. The predicted molar refractivity (Wildman–Crippen MR) is 66.0 cm³/mol. The van der Waals surface area contributed by atoms with Gasteiger partial charge >= 0.3 is 0 Å². The largest absolute Gasteiger partial charge is 0.391 e. The number of fused-ring (bicyclic) bond motifs is 1. The van der Waals surface area contributed by atoms with Crippen molar-refractivity contribution < 1.29 is 14.6 Å². The molecule has 2 unspecified atom stereocenters. The molecule has 94 valence electrons. The number of hydrogen-bond donors (Lipinski definition) is 1. The summed E-state index contributed by atoms with van der Waals surface area (Å²) in [5.41, 5.74) is 2.56. The maximum atomic E-state index is 9.85. The average molecular weight is 236 g/mol. The molecule has 0 saturated heterocycles.